The van der Waals surface area contributed by atoms with Crippen molar-refractivity contribution in [1.82, 2.24) is 9.47 Å². The second-order valence-electron chi connectivity index (χ2n) is 5.17. The van der Waals surface area contributed by atoms with Gasteiger partial charge in [-0.3, -0.25) is 4.79 Å². The first-order chi connectivity index (χ1) is 9.25. The molecule has 0 unspecified atom stereocenters. The maximum atomic E-state index is 12.3. The minimum absolute atomic E-state index is 0.195. The second kappa shape index (κ2) is 4.96. The number of carbonyl (C=O) groups excluding carboxylic acids is 1. The van der Waals surface area contributed by atoms with E-state index in [4.69, 9.17) is 5.73 Å². The van der Waals surface area contributed by atoms with Crippen molar-refractivity contribution in [3.63, 3.8) is 0 Å². The first-order valence-corrected chi connectivity index (χ1v) is 6.87. The van der Waals surface area contributed by atoms with E-state index in [1.807, 2.05) is 39.9 Å². The van der Waals surface area contributed by atoms with Crippen LogP contribution in [0.5, 0.6) is 0 Å². The number of piperidine rings is 1. The van der Waals surface area contributed by atoms with Gasteiger partial charge in [0.05, 0.1) is 11.2 Å². The Balaban J connectivity index is 1.83. The number of benzene rings is 1. The number of fused-ring (bicyclic) bond motifs is 1. The minimum Gasteiger partial charge on any atom is -0.397 e. The number of nitrogen functional groups attached to an aromatic ring is 1. The molecule has 1 fully saturated rings. The Labute approximate surface area is 112 Å². The molecule has 2 aromatic rings. The molecular weight excluding hydrogens is 238 g/mol. The van der Waals surface area contributed by atoms with E-state index in [0.717, 1.165) is 42.5 Å². The highest BCUT2D eigenvalue weighted by atomic mass is 16.2. The molecule has 0 atom stereocenters. The lowest BCUT2D eigenvalue weighted by Gasteiger charge is -2.27. The summed E-state index contributed by atoms with van der Waals surface area (Å²) in [6, 6.07) is 7.85. The fraction of sp³-hybridized carbons (Fsp3) is 0.400. The predicted molar refractivity (Wildman–Crippen MR) is 76.8 cm³/mol. The number of rotatable bonds is 2. The Morgan fingerprint density at radius 3 is 2.74 bits per heavy atom. The van der Waals surface area contributed by atoms with Crippen molar-refractivity contribution in [2.45, 2.75) is 25.8 Å². The molecular formula is C15H19N3O. The number of para-hydroxylation sites is 1. The predicted octanol–water partition coefficient (Wildman–Crippen LogP) is 2.24. The Morgan fingerprint density at radius 1 is 1.16 bits per heavy atom. The van der Waals surface area contributed by atoms with Gasteiger partial charge in [0.25, 0.3) is 0 Å². The van der Waals surface area contributed by atoms with Crippen LogP contribution in [0.4, 0.5) is 5.69 Å². The third kappa shape index (κ3) is 2.30. The molecule has 0 saturated carbocycles. The fourth-order valence-corrected chi connectivity index (χ4v) is 2.81. The first-order valence-electron chi connectivity index (χ1n) is 6.87. The fourth-order valence-electron chi connectivity index (χ4n) is 2.81. The largest absolute Gasteiger partial charge is 0.397 e. The van der Waals surface area contributed by atoms with Gasteiger partial charge in [0.15, 0.2) is 0 Å². The summed E-state index contributed by atoms with van der Waals surface area (Å²) in [5.74, 6) is 0.195. The number of nitrogens with two attached hydrogens (primary N) is 1. The Bertz CT molecular complexity index is 596. The van der Waals surface area contributed by atoms with Crippen molar-refractivity contribution in [2.24, 2.45) is 0 Å². The molecule has 1 amide bonds. The summed E-state index contributed by atoms with van der Waals surface area (Å²) in [6.45, 7) is 2.18. The molecule has 2 N–H and O–H groups in total. The first kappa shape index (κ1) is 12.1. The standard InChI is InChI=1S/C15H19N3O/c16-13-6-4-5-12-7-10-18(15(12)13)11-14(19)17-8-2-1-3-9-17/h4-7,10H,1-3,8-9,11,16H2. The highest BCUT2D eigenvalue weighted by Crippen LogP contribution is 2.22. The Hall–Kier alpha value is -1.97. The van der Waals surface area contributed by atoms with Gasteiger partial charge in [-0.25, -0.2) is 0 Å². The average molecular weight is 257 g/mol. The van der Waals surface area contributed by atoms with Crippen LogP contribution in [0.1, 0.15) is 19.3 Å². The van der Waals surface area contributed by atoms with Crippen LogP contribution in [0.2, 0.25) is 0 Å². The Morgan fingerprint density at radius 2 is 1.95 bits per heavy atom. The molecule has 0 aliphatic carbocycles. The molecule has 1 saturated heterocycles. The third-order valence-electron chi connectivity index (χ3n) is 3.83. The van der Waals surface area contributed by atoms with Crippen LogP contribution < -0.4 is 5.73 Å². The van der Waals surface area contributed by atoms with Gasteiger partial charge in [0.1, 0.15) is 6.54 Å². The molecule has 4 heteroatoms. The van der Waals surface area contributed by atoms with Crippen LogP contribution in [0.3, 0.4) is 0 Å². The number of hydrogen-bond donors (Lipinski definition) is 1. The number of carbonyl (C=O) groups is 1. The van der Waals surface area contributed by atoms with Gasteiger partial charge >= 0.3 is 0 Å². The summed E-state index contributed by atoms with van der Waals surface area (Å²) in [5.41, 5.74) is 7.71. The summed E-state index contributed by atoms with van der Waals surface area (Å²) in [4.78, 5) is 14.3. The van der Waals surface area contributed by atoms with Crippen LogP contribution in [-0.4, -0.2) is 28.5 Å². The SMILES string of the molecule is Nc1cccc2ccn(CC(=O)N3CCCCC3)c12. The van der Waals surface area contributed by atoms with Crippen molar-refractivity contribution in [3.8, 4) is 0 Å². The van der Waals surface area contributed by atoms with E-state index in [2.05, 4.69) is 0 Å². The molecule has 3 rings (SSSR count). The van der Waals surface area contributed by atoms with E-state index < -0.39 is 0 Å². The lowest BCUT2D eigenvalue weighted by molar-refractivity contribution is -0.132. The molecule has 4 nitrogen and oxygen atoms in total. The van der Waals surface area contributed by atoms with E-state index >= 15 is 0 Å². The maximum Gasteiger partial charge on any atom is 0.242 e. The van der Waals surface area contributed by atoms with E-state index in [-0.39, 0.29) is 5.91 Å². The molecule has 1 aliphatic rings. The van der Waals surface area contributed by atoms with Gasteiger partial charge in [-0.15, -0.1) is 0 Å². The van der Waals surface area contributed by atoms with Crippen LogP contribution in [-0.2, 0) is 11.3 Å². The van der Waals surface area contributed by atoms with Crippen LogP contribution in [0, 0.1) is 0 Å². The quantitative estimate of drug-likeness (QED) is 0.839. The molecule has 0 radical (unpaired) electrons. The topological polar surface area (TPSA) is 51.3 Å². The van der Waals surface area contributed by atoms with Gasteiger partial charge in [0, 0.05) is 24.7 Å². The second-order valence-corrected chi connectivity index (χ2v) is 5.17. The summed E-state index contributed by atoms with van der Waals surface area (Å²) in [7, 11) is 0. The molecule has 100 valence electrons. The maximum absolute atomic E-state index is 12.3. The van der Waals surface area contributed by atoms with Gasteiger partial charge in [-0.2, -0.15) is 0 Å². The van der Waals surface area contributed by atoms with Crippen molar-refractivity contribution >= 4 is 22.5 Å². The zero-order chi connectivity index (χ0) is 13.2. The minimum atomic E-state index is 0.195. The zero-order valence-corrected chi connectivity index (χ0v) is 11.0. The van der Waals surface area contributed by atoms with Crippen molar-refractivity contribution in [2.75, 3.05) is 18.8 Å². The molecule has 1 aliphatic heterocycles. The van der Waals surface area contributed by atoms with E-state index in [0.29, 0.717) is 6.54 Å². The number of amides is 1. The third-order valence-corrected chi connectivity index (χ3v) is 3.83. The average Bonchev–Trinajstić information content (AvgIpc) is 2.84. The molecule has 1 aromatic carbocycles. The van der Waals surface area contributed by atoms with Gasteiger partial charge < -0.3 is 15.2 Å². The van der Waals surface area contributed by atoms with E-state index in [1.165, 1.54) is 6.42 Å². The summed E-state index contributed by atoms with van der Waals surface area (Å²) in [6.07, 6.45) is 5.44. The normalized spacial score (nSPS) is 15.9. The highest BCUT2D eigenvalue weighted by Gasteiger charge is 2.17. The summed E-state index contributed by atoms with van der Waals surface area (Å²) in [5, 5.41) is 1.09. The summed E-state index contributed by atoms with van der Waals surface area (Å²) >= 11 is 0. The smallest absolute Gasteiger partial charge is 0.242 e. The van der Waals surface area contributed by atoms with Crippen molar-refractivity contribution in [3.05, 3.63) is 30.5 Å². The van der Waals surface area contributed by atoms with E-state index in [1.54, 1.807) is 0 Å². The van der Waals surface area contributed by atoms with Crippen molar-refractivity contribution < 1.29 is 4.79 Å². The number of anilines is 1. The summed E-state index contributed by atoms with van der Waals surface area (Å²) < 4.78 is 1.96. The number of aromatic nitrogens is 1. The van der Waals surface area contributed by atoms with Gasteiger partial charge in [0.2, 0.25) is 5.91 Å². The van der Waals surface area contributed by atoms with E-state index in [9.17, 15) is 4.79 Å². The molecule has 2 heterocycles. The highest BCUT2D eigenvalue weighted by molar-refractivity contribution is 5.91. The number of likely N-dealkylation sites (tertiary alicyclic amines) is 1. The monoisotopic (exact) mass is 257 g/mol. The van der Waals surface area contributed by atoms with Crippen LogP contribution in [0.25, 0.3) is 10.9 Å². The van der Waals surface area contributed by atoms with Crippen LogP contribution in [0.15, 0.2) is 30.5 Å². The van der Waals surface area contributed by atoms with Crippen LogP contribution >= 0.6 is 0 Å². The number of nitrogens with zero attached hydrogens (tertiary/aromatic N) is 2. The molecule has 19 heavy (non-hydrogen) atoms. The molecule has 0 bridgehead atoms. The lowest BCUT2D eigenvalue weighted by Crippen LogP contribution is -2.37. The molecule has 0 spiro atoms. The lowest BCUT2D eigenvalue weighted by atomic mass is 10.1. The van der Waals surface area contributed by atoms with Gasteiger partial charge in [-0.05, 0) is 31.4 Å². The van der Waals surface area contributed by atoms with Crippen molar-refractivity contribution in [1.29, 1.82) is 0 Å². The van der Waals surface area contributed by atoms with Gasteiger partial charge in [-0.1, -0.05) is 12.1 Å². The number of hydrogen-bond acceptors (Lipinski definition) is 2. The Kier molecular flexibility index (Phi) is 3.15. The zero-order valence-electron chi connectivity index (χ0n) is 11.0. The molecule has 1 aromatic heterocycles.